The number of hydrazone groups is 1. The molecule has 0 saturated carbocycles. The van der Waals surface area contributed by atoms with E-state index in [0.29, 0.717) is 23.3 Å². The second-order valence-electron chi connectivity index (χ2n) is 8.51. The SMILES string of the molecule is O=C(Nc1ccc(COC(=O)C(F)(F)F)c(C#Cc2cnc3cccnn23)c1)N1N=CC[C@@H]1c1ccc(F)cc1. The van der Waals surface area contributed by atoms with E-state index >= 15 is 0 Å². The molecule has 0 aliphatic carbocycles. The Morgan fingerprint density at radius 2 is 1.90 bits per heavy atom. The average Bonchev–Trinajstić information content (AvgIpc) is 3.59. The number of fused-ring (bicyclic) bond motifs is 1. The van der Waals surface area contributed by atoms with Crippen molar-refractivity contribution in [3.05, 3.63) is 95.2 Å². The van der Waals surface area contributed by atoms with E-state index in [2.05, 4.69) is 37.1 Å². The predicted molar refractivity (Wildman–Crippen MR) is 134 cm³/mol. The van der Waals surface area contributed by atoms with Crippen LogP contribution in [0.15, 0.2) is 72.1 Å². The molecule has 9 nitrogen and oxygen atoms in total. The van der Waals surface area contributed by atoms with Gasteiger partial charge in [-0.15, -0.1) is 0 Å². The third kappa shape index (κ3) is 5.75. The van der Waals surface area contributed by atoms with Crippen LogP contribution >= 0.6 is 0 Å². The van der Waals surface area contributed by atoms with Gasteiger partial charge in [-0.2, -0.15) is 23.4 Å². The molecule has 4 aromatic rings. The summed E-state index contributed by atoms with van der Waals surface area (Å²) in [6.45, 7) is -0.703. The molecule has 0 bridgehead atoms. The molecule has 0 fully saturated rings. The van der Waals surface area contributed by atoms with E-state index in [0.717, 1.165) is 0 Å². The van der Waals surface area contributed by atoms with Crippen LogP contribution < -0.4 is 5.32 Å². The molecular formula is C27H18F4N6O3. The average molecular weight is 550 g/mol. The monoisotopic (exact) mass is 550 g/mol. The first-order chi connectivity index (χ1) is 19.2. The standard InChI is InChI=1S/C27H18F4N6O3/c28-20-7-3-17(4-8-20)23-11-13-34-37(23)26(39)35-21-9-5-19(16-40-25(38)27(29,30)31)18(14-21)6-10-22-15-32-24-2-1-12-33-36(22)24/h1-5,7-9,12-15,23H,11,16H2,(H,35,39)/t23-/m1/s1. The number of urea groups is 1. The number of hydrogen-bond acceptors (Lipinski definition) is 6. The number of hydrogen-bond donors (Lipinski definition) is 1. The Balaban J connectivity index is 1.41. The van der Waals surface area contributed by atoms with Gasteiger partial charge in [-0.25, -0.2) is 28.5 Å². The molecule has 1 aliphatic rings. The van der Waals surface area contributed by atoms with Crippen molar-refractivity contribution in [3.8, 4) is 11.8 Å². The number of ether oxygens (including phenoxy) is 1. The summed E-state index contributed by atoms with van der Waals surface area (Å²) in [5.41, 5.74) is 2.25. The number of halogens is 4. The molecule has 3 heterocycles. The van der Waals surface area contributed by atoms with Crippen LogP contribution in [-0.4, -0.2) is 44.0 Å². The molecule has 1 atom stereocenters. The van der Waals surface area contributed by atoms with Crippen LogP contribution in [0, 0.1) is 17.7 Å². The molecule has 40 heavy (non-hydrogen) atoms. The molecule has 2 amide bonds. The highest BCUT2D eigenvalue weighted by Crippen LogP contribution is 2.29. The number of carbonyl (C=O) groups is 2. The van der Waals surface area contributed by atoms with E-state index < -0.39 is 36.6 Å². The van der Waals surface area contributed by atoms with E-state index in [9.17, 15) is 27.2 Å². The Morgan fingerprint density at radius 1 is 1.10 bits per heavy atom. The van der Waals surface area contributed by atoms with Crippen molar-refractivity contribution in [2.45, 2.75) is 25.2 Å². The Bertz CT molecular complexity index is 1670. The summed E-state index contributed by atoms with van der Waals surface area (Å²) < 4.78 is 57.2. The molecule has 13 heteroatoms. The zero-order valence-electron chi connectivity index (χ0n) is 20.4. The number of esters is 1. The second kappa shape index (κ2) is 10.9. The number of alkyl halides is 3. The summed E-state index contributed by atoms with van der Waals surface area (Å²) in [5.74, 6) is 2.95. The van der Waals surface area contributed by atoms with E-state index in [1.807, 2.05) is 0 Å². The van der Waals surface area contributed by atoms with Crippen LogP contribution in [0.1, 0.15) is 34.8 Å². The fraction of sp³-hybridized carbons (Fsp3) is 0.148. The van der Waals surface area contributed by atoms with E-state index in [1.165, 1.54) is 52.2 Å². The number of nitrogens with zero attached hydrogens (tertiary/aromatic N) is 5. The minimum atomic E-state index is -5.15. The maximum Gasteiger partial charge on any atom is 0.490 e. The summed E-state index contributed by atoms with van der Waals surface area (Å²) in [5, 5.41) is 12.2. The quantitative estimate of drug-likeness (QED) is 0.223. The highest BCUT2D eigenvalue weighted by molar-refractivity contribution is 5.91. The Morgan fingerprint density at radius 3 is 2.67 bits per heavy atom. The normalized spacial score (nSPS) is 14.6. The third-order valence-corrected chi connectivity index (χ3v) is 5.85. The van der Waals surface area contributed by atoms with Gasteiger partial charge in [0.15, 0.2) is 5.65 Å². The summed E-state index contributed by atoms with van der Waals surface area (Å²) >= 11 is 0. The largest absolute Gasteiger partial charge is 0.490 e. The van der Waals surface area contributed by atoms with Crippen LogP contribution in [0.25, 0.3) is 5.65 Å². The molecule has 2 aromatic carbocycles. The van der Waals surface area contributed by atoms with Gasteiger partial charge in [0.2, 0.25) is 0 Å². The number of anilines is 1. The molecular weight excluding hydrogens is 532 g/mol. The van der Waals surface area contributed by atoms with Crippen molar-refractivity contribution in [1.82, 2.24) is 19.6 Å². The lowest BCUT2D eigenvalue weighted by molar-refractivity contribution is -0.201. The fourth-order valence-electron chi connectivity index (χ4n) is 3.92. The Kier molecular flexibility index (Phi) is 7.15. The topological polar surface area (TPSA) is 101 Å². The van der Waals surface area contributed by atoms with E-state index in [1.54, 1.807) is 30.5 Å². The maximum atomic E-state index is 13.3. The third-order valence-electron chi connectivity index (χ3n) is 5.85. The van der Waals surface area contributed by atoms with Gasteiger partial charge in [0.05, 0.1) is 12.2 Å². The highest BCUT2D eigenvalue weighted by Gasteiger charge is 2.41. The molecule has 0 unspecified atom stereocenters. The molecule has 0 spiro atoms. The van der Waals surface area contributed by atoms with Gasteiger partial charge in [-0.3, -0.25) is 0 Å². The summed E-state index contributed by atoms with van der Waals surface area (Å²) in [7, 11) is 0. The Hall–Kier alpha value is -5.25. The number of imidazole rings is 1. The lowest BCUT2D eigenvalue weighted by Gasteiger charge is -2.22. The van der Waals surface area contributed by atoms with Gasteiger partial charge >= 0.3 is 18.2 Å². The number of nitrogens with one attached hydrogen (secondary N) is 1. The number of aromatic nitrogens is 3. The molecule has 5 rings (SSSR count). The zero-order valence-corrected chi connectivity index (χ0v) is 20.4. The minimum absolute atomic E-state index is 0.174. The summed E-state index contributed by atoms with van der Waals surface area (Å²) in [4.78, 5) is 28.5. The van der Waals surface area contributed by atoms with E-state index in [4.69, 9.17) is 0 Å². The maximum absolute atomic E-state index is 13.3. The molecule has 0 saturated heterocycles. The van der Waals surface area contributed by atoms with Gasteiger partial charge in [0.25, 0.3) is 0 Å². The van der Waals surface area contributed by atoms with Gasteiger partial charge in [-0.05, 0) is 47.9 Å². The lowest BCUT2D eigenvalue weighted by Crippen LogP contribution is -2.31. The molecule has 2 aromatic heterocycles. The molecule has 1 N–H and O–H groups in total. The van der Waals surface area contributed by atoms with Gasteiger partial charge in [0.1, 0.15) is 18.1 Å². The van der Waals surface area contributed by atoms with Crippen molar-refractivity contribution in [2.24, 2.45) is 5.10 Å². The summed E-state index contributed by atoms with van der Waals surface area (Å²) in [6.07, 6.45) is -0.151. The van der Waals surface area contributed by atoms with E-state index in [-0.39, 0.29) is 16.8 Å². The van der Waals surface area contributed by atoms with Crippen LogP contribution in [0.4, 0.5) is 28.0 Å². The predicted octanol–water partition coefficient (Wildman–Crippen LogP) is 4.84. The first kappa shape index (κ1) is 26.4. The van der Waals surface area contributed by atoms with Crippen LogP contribution in [0.5, 0.6) is 0 Å². The van der Waals surface area contributed by atoms with Gasteiger partial charge < -0.3 is 10.1 Å². The van der Waals surface area contributed by atoms with Crippen LogP contribution in [0.2, 0.25) is 0 Å². The van der Waals surface area contributed by atoms with Gasteiger partial charge in [-0.1, -0.05) is 24.1 Å². The van der Waals surface area contributed by atoms with Crippen molar-refractivity contribution < 1.29 is 31.9 Å². The number of carbonyl (C=O) groups excluding carboxylic acids is 2. The smallest absolute Gasteiger partial charge is 0.454 e. The minimum Gasteiger partial charge on any atom is -0.454 e. The van der Waals surface area contributed by atoms with Crippen LogP contribution in [0.3, 0.4) is 0 Å². The molecule has 1 aliphatic heterocycles. The lowest BCUT2D eigenvalue weighted by atomic mass is 10.0. The Labute approximate surface area is 224 Å². The van der Waals surface area contributed by atoms with Crippen molar-refractivity contribution in [2.75, 3.05) is 5.32 Å². The number of amides is 2. The first-order valence-electron chi connectivity index (χ1n) is 11.7. The molecule has 0 radical (unpaired) electrons. The van der Waals surface area contributed by atoms with Crippen molar-refractivity contribution >= 4 is 29.5 Å². The van der Waals surface area contributed by atoms with Crippen molar-refractivity contribution in [1.29, 1.82) is 0 Å². The fourth-order valence-corrected chi connectivity index (χ4v) is 3.92. The molecule has 202 valence electrons. The second-order valence-corrected chi connectivity index (χ2v) is 8.51. The first-order valence-corrected chi connectivity index (χ1v) is 11.7. The van der Waals surface area contributed by atoms with Crippen molar-refractivity contribution in [3.63, 3.8) is 0 Å². The van der Waals surface area contributed by atoms with Gasteiger partial charge in [0, 0.05) is 35.6 Å². The number of benzene rings is 2. The highest BCUT2D eigenvalue weighted by atomic mass is 19.4. The zero-order chi connectivity index (χ0) is 28.3. The summed E-state index contributed by atoms with van der Waals surface area (Å²) in [6, 6.07) is 12.3. The number of rotatable bonds is 4. The van der Waals surface area contributed by atoms with Crippen LogP contribution in [-0.2, 0) is 16.1 Å².